The van der Waals surface area contributed by atoms with Crippen LogP contribution >= 0.6 is 23.5 Å². The number of thioether (sulfide) groups is 2. The molecular formula is C23H27N5OS2. The average Bonchev–Trinajstić information content (AvgIpc) is 3.45. The van der Waals surface area contributed by atoms with E-state index in [1.54, 1.807) is 18.9 Å². The van der Waals surface area contributed by atoms with Gasteiger partial charge in [0.1, 0.15) is 5.75 Å². The number of para-hydroxylation sites is 1. The Balaban J connectivity index is 1.46. The summed E-state index contributed by atoms with van der Waals surface area (Å²) in [7, 11) is 5.81. The van der Waals surface area contributed by atoms with Gasteiger partial charge in [0.05, 0.1) is 24.7 Å². The van der Waals surface area contributed by atoms with Gasteiger partial charge in [0.25, 0.3) is 0 Å². The molecule has 0 N–H and O–H groups in total. The summed E-state index contributed by atoms with van der Waals surface area (Å²) in [4.78, 5) is 6.92. The molecule has 2 heterocycles. The van der Waals surface area contributed by atoms with Gasteiger partial charge in [-0.1, -0.05) is 30.0 Å². The minimum Gasteiger partial charge on any atom is -0.497 e. The highest BCUT2D eigenvalue weighted by molar-refractivity contribution is 8.16. The molecular weight excluding hydrogens is 426 g/mol. The van der Waals surface area contributed by atoms with Crippen LogP contribution in [-0.4, -0.2) is 63.5 Å². The summed E-state index contributed by atoms with van der Waals surface area (Å²) in [5.41, 5.74) is 2.24. The van der Waals surface area contributed by atoms with Crippen LogP contribution in [0.3, 0.4) is 0 Å². The second-order valence-electron chi connectivity index (χ2n) is 7.58. The first-order chi connectivity index (χ1) is 15.1. The summed E-state index contributed by atoms with van der Waals surface area (Å²) in [6.07, 6.45) is 0. The molecule has 1 aromatic heterocycles. The van der Waals surface area contributed by atoms with E-state index < -0.39 is 0 Å². The van der Waals surface area contributed by atoms with Crippen LogP contribution in [0.15, 0.2) is 64.7 Å². The highest BCUT2D eigenvalue weighted by atomic mass is 32.2. The van der Waals surface area contributed by atoms with E-state index in [2.05, 4.69) is 77.1 Å². The number of hydrogen-bond donors (Lipinski definition) is 0. The summed E-state index contributed by atoms with van der Waals surface area (Å²) >= 11 is 3.59. The number of benzene rings is 2. The van der Waals surface area contributed by atoms with Crippen LogP contribution < -0.4 is 4.74 Å². The summed E-state index contributed by atoms with van der Waals surface area (Å²) in [5.74, 6) is 2.74. The Labute approximate surface area is 192 Å². The van der Waals surface area contributed by atoms with E-state index >= 15 is 0 Å². The zero-order chi connectivity index (χ0) is 21.8. The number of ether oxygens (including phenoxy) is 1. The third-order valence-electron chi connectivity index (χ3n) is 5.27. The van der Waals surface area contributed by atoms with Gasteiger partial charge in [-0.25, -0.2) is 0 Å². The standard InChI is InChI=1S/C23H27N5OS2/c1-16(27(2)3)21-25-26-23(28(21)18-8-6-5-7-9-18)30-15-20-14-24-22(31-20)17-10-12-19(29-4)13-11-17/h5-13,16,20H,14-15H2,1-4H3/t16-,20-/m0/s1. The van der Waals surface area contributed by atoms with Crippen molar-refractivity contribution in [1.29, 1.82) is 0 Å². The lowest BCUT2D eigenvalue weighted by Gasteiger charge is -2.20. The summed E-state index contributed by atoms with van der Waals surface area (Å²) in [5, 5.41) is 11.5. The number of methoxy groups -OCH3 is 1. The molecule has 0 amide bonds. The monoisotopic (exact) mass is 453 g/mol. The molecule has 0 saturated carbocycles. The topological polar surface area (TPSA) is 55.5 Å². The maximum atomic E-state index is 5.25. The molecule has 0 fully saturated rings. The van der Waals surface area contributed by atoms with E-state index in [9.17, 15) is 0 Å². The fourth-order valence-corrected chi connectivity index (χ4v) is 5.49. The first-order valence-corrected chi connectivity index (χ1v) is 12.1. The van der Waals surface area contributed by atoms with Gasteiger partial charge in [0, 0.05) is 22.3 Å². The predicted octanol–water partition coefficient (Wildman–Crippen LogP) is 4.55. The maximum Gasteiger partial charge on any atom is 0.195 e. The molecule has 3 aromatic rings. The van der Waals surface area contributed by atoms with Gasteiger partial charge >= 0.3 is 0 Å². The fraction of sp³-hybridized carbons (Fsp3) is 0.348. The summed E-state index contributed by atoms with van der Waals surface area (Å²) < 4.78 is 7.43. The number of hydrogen-bond acceptors (Lipinski definition) is 7. The molecule has 31 heavy (non-hydrogen) atoms. The molecule has 0 unspecified atom stereocenters. The van der Waals surface area contributed by atoms with Crippen molar-refractivity contribution in [3.05, 3.63) is 66.0 Å². The van der Waals surface area contributed by atoms with Gasteiger partial charge in [0.15, 0.2) is 11.0 Å². The van der Waals surface area contributed by atoms with Gasteiger partial charge in [-0.3, -0.25) is 14.5 Å². The predicted molar refractivity (Wildman–Crippen MR) is 130 cm³/mol. The number of nitrogens with zero attached hydrogens (tertiary/aromatic N) is 5. The van der Waals surface area contributed by atoms with Gasteiger partial charge < -0.3 is 4.74 Å². The Kier molecular flexibility index (Phi) is 6.99. The SMILES string of the molecule is COc1ccc(C2=NC[C@@H](CSc3nnc([C@H](C)N(C)C)n3-c3ccccc3)S2)cc1. The lowest BCUT2D eigenvalue weighted by molar-refractivity contribution is 0.305. The molecule has 8 heteroatoms. The highest BCUT2D eigenvalue weighted by Crippen LogP contribution is 2.32. The Morgan fingerprint density at radius 2 is 1.87 bits per heavy atom. The van der Waals surface area contributed by atoms with Gasteiger partial charge in [-0.2, -0.15) is 0 Å². The Hall–Kier alpha value is -2.29. The third-order valence-corrected chi connectivity index (χ3v) is 7.81. The molecule has 0 spiro atoms. The molecule has 0 radical (unpaired) electrons. The van der Waals surface area contributed by atoms with Gasteiger partial charge in [-0.05, 0) is 57.4 Å². The minimum absolute atomic E-state index is 0.160. The van der Waals surface area contributed by atoms with Crippen molar-refractivity contribution in [3.63, 3.8) is 0 Å². The number of aromatic nitrogens is 3. The van der Waals surface area contributed by atoms with Crippen LogP contribution in [0.2, 0.25) is 0 Å². The first kappa shape index (κ1) is 21.9. The van der Waals surface area contributed by atoms with Crippen LogP contribution in [0, 0.1) is 0 Å². The van der Waals surface area contributed by atoms with Crippen molar-refractivity contribution >= 4 is 28.6 Å². The van der Waals surface area contributed by atoms with Crippen molar-refractivity contribution < 1.29 is 4.74 Å². The average molecular weight is 454 g/mol. The lowest BCUT2D eigenvalue weighted by Crippen LogP contribution is -2.20. The van der Waals surface area contributed by atoms with Crippen molar-refractivity contribution in [3.8, 4) is 11.4 Å². The van der Waals surface area contributed by atoms with E-state index in [1.165, 1.54) is 0 Å². The first-order valence-electron chi connectivity index (χ1n) is 10.2. The normalized spacial score (nSPS) is 17.1. The van der Waals surface area contributed by atoms with Crippen LogP contribution in [0.4, 0.5) is 0 Å². The molecule has 2 atom stereocenters. The van der Waals surface area contributed by atoms with E-state index in [4.69, 9.17) is 9.73 Å². The van der Waals surface area contributed by atoms with Gasteiger partial charge in [-0.15, -0.1) is 22.0 Å². The van der Waals surface area contributed by atoms with E-state index in [1.807, 2.05) is 30.0 Å². The van der Waals surface area contributed by atoms with Crippen LogP contribution in [-0.2, 0) is 0 Å². The quantitative estimate of drug-likeness (QED) is 0.466. The minimum atomic E-state index is 0.160. The highest BCUT2D eigenvalue weighted by Gasteiger charge is 2.24. The second kappa shape index (κ2) is 9.89. The summed E-state index contributed by atoms with van der Waals surface area (Å²) in [6, 6.07) is 18.6. The molecule has 2 aromatic carbocycles. The fourth-order valence-electron chi connectivity index (χ4n) is 3.26. The Morgan fingerprint density at radius 3 is 2.55 bits per heavy atom. The third kappa shape index (κ3) is 4.97. The molecule has 0 aliphatic carbocycles. The Morgan fingerprint density at radius 1 is 1.13 bits per heavy atom. The van der Waals surface area contributed by atoms with Crippen molar-refractivity contribution in [2.45, 2.75) is 23.4 Å². The molecule has 1 aliphatic heterocycles. The van der Waals surface area contributed by atoms with E-state index in [0.717, 1.165) is 45.3 Å². The summed E-state index contributed by atoms with van der Waals surface area (Å²) in [6.45, 7) is 2.97. The smallest absolute Gasteiger partial charge is 0.195 e. The van der Waals surface area contributed by atoms with Crippen molar-refractivity contribution in [2.75, 3.05) is 33.5 Å². The van der Waals surface area contributed by atoms with Crippen LogP contribution in [0.25, 0.3) is 5.69 Å². The van der Waals surface area contributed by atoms with Crippen LogP contribution in [0.5, 0.6) is 5.75 Å². The molecule has 6 nitrogen and oxygen atoms in total. The zero-order valence-electron chi connectivity index (χ0n) is 18.2. The van der Waals surface area contributed by atoms with E-state index in [0.29, 0.717) is 5.25 Å². The maximum absolute atomic E-state index is 5.25. The molecule has 1 aliphatic rings. The molecule has 0 saturated heterocycles. The number of rotatable bonds is 8. The second-order valence-corrected chi connectivity index (χ2v) is 9.85. The zero-order valence-corrected chi connectivity index (χ0v) is 19.9. The lowest BCUT2D eigenvalue weighted by atomic mass is 10.2. The number of aliphatic imine (C=N–C) groups is 1. The largest absolute Gasteiger partial charge is 0.497 e. The van der Waals surface area contributed by atoms with Crippen LogP contribution in [0.1, 0.15) is 24.4 Å². The molecule has 4 rings (SSSR count). The van der Waals surface area contributed by atoms with Crippen molar-refractivity contribution in [2.24, 2.45) is 4.99 Å². The van der Waals surface area contributed by atoms with E-state index in [-0.39, 0.29) is 6.04 Å². The Bertz CT molecular complexity index is 1030. The van der Waals surface area contributed by atoms with Crippen molar-refractivity contribution in [1.82, 2.24) is 19.7 Å². The van der Waals surface area contributed by atoms with Gasteiger partial charge in [0.2, 0.25) is 0 Å². The molecule has 162 valence electrons. The molecule has 0 bridgehead atoms.